The van der Waals surface area contributed by atoms with E-state index in [0.717, 1.165) is 22.4 Å². The molecular weight excluding hydrogens is 344 g/mol. The smallest absolute Gasteiger partial charge is 0.243 e. The average molecular weight is 368 g/mol. The summed E-state index contributed by atoms with van der Waals surface area (Å²) in [5.74, 6) is 0.991. The van der Waals surface area contributed by atoms with E-state index in [2.05, 4.69) is 5.32 Å². The first-order valence-electron chi connectivity index (χ1n) is 8.92. The second kappa shape index (κ2) is 8.12. The summed E-state index contributed by atoms with van der Waals surface area (Å²) in [6, 6.07) is 11.3. The van der Waals surface area contributed by atoms with E-state index in [1.807, 2.05) is 50.2 Å². The van der Waals surface area contributed by atoms with Gasteiger partial charge < -0.3 is 19.7 Å². The normalized spacial score (nSPS) is 12.4. The van der Waals surface area contributed by atoms with Crippen LogP contribution in [-0.2, 0) is 16.0 Å². The van der Waals surface area contributed by atoms with Gasteiger partial charge in [-0.2, -0.15) is 0 Å². The van der Waals surface area contributed by atoms with Crippen LogP contribution in [0, 0.1) is 13.8 Å². The fourth-order valence-corrected chi connectivity index (χ4v) is 2.87. The highest BCUT2D eigenvalue weighted by Crippen LogP contribution is 2.30. The summed E-state index contributed by atoms with van der Waals surface area (Å²) in [6.45, 7) is 4.94. The molecule has 0 saturated heterocycles. The predicted octanol–water partition coefficient (Wildman–Crippen LogP) is 2.71. The molecule has 0 radical (unpaired) electrons. The molecule has 1 aliphatic rings. The SMILES string of the molecule is Cc1ccc(C)c(NC(=O)CN(C)C(=O)Cc2ccc3c(c2)OCCO3)c1. The van der Waals surface area contributed by atoms with Crippen molar-refractivity contribution < 1.29 is 19.1 Å². The fourth-order valence-electron chi connectivity index (χ4n) is 2.87. The minimum atomic E-state index is -0.221. The lowest BCUT2D eigenvalue weighted by molar-refractivity contribution is -0.132. The molecule has 0 aromatic heterocycles. The van der Waals surface area contributed by atoms with Gasteiger partial charge in [-0.15, -0.1) is 0 Å². The topological polar surface area (TPSA) is 67.9 Å². The summed E-state index contributed by atoms with van der Waals surface area (Å²) in [5, 5.41) is 2.87. The number of carbonyl (C=O) groups is 2. The van der Waals surface area contributed by atoms with Crippen molar-refractivity contribution in [2.45, 2.75) is 20.3 Å². The predicted molar refractivity (Wildman–Crippen MR) is 103 cm³/mol. The Morgan fingerprint density at radius 1 is 1.04 bits per heavy atom. The molecular formula is C21H24N2O4. The van der Waals surface area contributed by atoms with Crippen LogP contribution in [0.2, 0.25) is 0 Å². The van der Waals surface area contributed by atoms with Crippen LogP contribution in [0.5, 0.6) is 11.5 Å². The van der Waals surface area contributed by atoms with Crippen molar-refractivity contribution in [3.63, 3.8) is 0 Å². The third-order valence-electron chi connectivity index (χ3n) is 4.44. The molecule has 3 rings (SSSR count). The summed E-state index contributed by atoms with van der Waals surface area (Å²) in [6.07, 6.45) is 0.198. The molecule has 1 aliphatic heterocycles. The van der Waals surface area contributed by atoms with Gasteiger partial charge in [0.15, 0.2) is 11.5 Å². The number of nitrogens with one attached hydrogen (secondary N) is 1. The Morgan fingerprint density at radius 2 is 1.78 bits per heavy atom. The molecule has 0 fully saturated rings. The lowest BCUT2D eigenvalue weighted by atomic mass is 10.1. The molecule has 6 nitrogen and oxygen atoms in total. The van der Waals surface area contributed by atoms with Crippen LogP contribution in [0.15, 0.2) is 36.4 Å². The average Bonchev–Trinajstić information content (AvgIpc) is 2.64. The third-order valence-corrected chi connectivity index (χ3v) is 4.44. The van der Waals surface area contributed by atoms with Crippen molar-refractivity contribution in [2.75, 3.05) is 32.1 Å². The molecule has 0 atom stereocenters. The van der Waals surface area contributed by atoms with E-state index >= 15 is 0 Å². The van der Waals surface area contributed by atoms with Crippen LogP contribution in [-0.4, -0.2) is 43.5 Å². The standard InChI is InChI=1S/C21H24N2O4/c1-14-4-5-15(2)17(10-14)22-20(24)13-23(3)21(25)12-16-6-7-18-19(11-16)27-9-8-26-18/h4-7,10-11H,8-9,12-13H2,1-3H3,(H,22,24). The van der Waals surface area contributed by atoms with Crippen LogP contribution < -0.4 is 14.8 Å². The van der Waals surface area contributed by atoms with Crippen molar-refractivity contribution in [2.24, 2.45) is 0 Å². The van der Waals surface area contributed by atoms with Gasteiger partial charge in [0.1, 0.15) is 13.2 Å². The highest BCUT2D eigenvalue weighted by Gasteiger charge is 2.17. The third kappa shape index (κ3) is 4.78. The quantitative estimate of drug-likeness (QED) is 0.881. The zero-order valence-electron chi connectivity index (χ0n) is 15.9. The van der Waals surface area contributed by atoms with Gasteiger partial charge in [-0.05, 0) is 48.7 Å². The van der Waals surface area contributed by atoms with Crippen molar-refractivity contribution in [1.29, 1.82) is 0 Å². The number of likely N-dealkylation sites (N-methyl/N-ethyl adjacent to an activating group) is 1. The Balaban J connectivity index is 1.57. The number of anilines is 1. The number of hydrogen-bond donors (Lipinski definition) is 1. The van der Waals surface area contributed by atoms with E-state index in [1.54, 1.807) is 7.05 Å². The second-order valence-electron chi connectivity index (χ2n) is 6.77. The Hall–Kier alpha value is -3.02. The van der Waals surface area contributed by atoms with Gasteiger partial charge in [-0.3, -0.25) is 9.59 Å². The molecule has 2 amide bonds. The maximum Gasteiger partial charge on any atom is 0.243 e. The molecule has 2 aromatic carbocycles. The zero-order valence-corrected chi connectivity index (χ0v) is 15.9. The van der Waals surface area contributed by atoms with Gasteiger partial charge in [-0.25, -0.2) is 0 Å². The van der Waals surface area contributed by atoms with Gasteiger partial charge >= 0.3 is 0 Å². The van der Waals surface area contributed by atoms with Gasteiger partial charge in [0, 0.05) is 12.7 Å². The fraction of sp³-hybridized carbons (Fsp3) is 0.333. The maximum absolute atomic E-state index is 12.5. The number of carbonyl (C=O) groups excluding carboxylic acids is 2. The van der Waals surface area contributed by atoms with Crippen LogP contribution in [0.4, 0.5) is 5.69 Å². The van der Waals surface area contributed by atoms with E-state index in [-0.39, 0.29) is 24.8 Å². The second-order valence-corrected chi connectivity index (χ2v) is 6.77. The minimum absolute atomic E-state index is 0.00321. The van der Waals surface area contributed by atoms with Crippen molar-refractivity contribution in [3.8, 4) is 11.5 Å². The van der Waals surface area contributed by atoms with Gasteiger partial charge in [-0.1, -0.05) is 18.2 Å². The van der Waals surface area contributed by atoms with Crippen LogP contribution in [0.3, 0.4) is 0 Å². The van der Waals surface area contributed by atoms with Crippen molar-refractivity contribution >= 4 is 17.5 Å². The van der Waals surface area contributed by atoms with Gasteiger partial charge in [0.25, 0.3) is 0 Å². The number of rotatable bonds is 5. The van der Waals surface area contributed by atoms with E-state index in [4.69, 9.17) is 9.47 Å². The van der Waals surface area contributed by atoms with E-state index in [9.17, 15) is 9.59 Å². The zero-order chi connectivity index (χ0) is 19.4. The molecule has 0 saturated carbocycles. The van der Waals surface area contributed by atoms with Crippen molar-refractivity contribution in [1.82, 2.24) is 4.90 Å². The monoisotopic (exact) mass is 368 g/mol. The highest BCUT2D eigenvalue weighted by molar-refractivity contribution is 5.95. The number of aryl methyl sites for hydroxylation is 2. The van der Waals surface area contributed by atoms with Crippen LogP contribution in [0.1, 0.15) is 16.7 Å². The summed E-state index contributed by atoms with van der Waals surface area (Å²) >= 11 is 0. The molecule has 0 unspecified atom stereocenters. The molecule has 2 aromatic rings. The first-order chi connectivity index (χ1) is 12.9. The van der Waals surface area contributed by atoms with Crippen LogP contribution >= 0.6 is 0 Å². The first kappa shape index (κ1) is 18.8. The van der Waals surface area contributed by atoms with Gasteiger partial charge in [0.2, 0.25) is 11.8 Å². The van der Waals surface area contributed by atoms with E-state index in [1.165, 1.54) is 4.90 Å². The minimum Gasteiger partial charge on any atom is -0.486 e. The summed E-state index contributed by atoms with van der Waals surface area (Å²) < 4.78 is 11.0. The summed E-state index contributed by atoms with van der Waals surface area (Å²) in [4.78, 5) is 26.2. The largest absolute Gasteiger partial charge is 0.486 e. The molecule has 0 aliphatic carbocycles. The number of benzene rings is 2. The first-order valence-corrected chi connectivity index (χ1v) is 8.92. The van der Waals surface area contributed by atoms with E-state index < -0.39 is 0 Å². The lowest BCUT2D eigenvalue weighted by Crippen LogP contribution is -2.36. The van der Waals surface area contributed by atoms with Gasteiger partial charge in [0.05, 0.1) is 13.0 Å². The molecule has 0 spiro atoms. The van der Waals surface area contributed by atoms with E-state index in [0.29, 0.717) is 24.7 Å². The Labute approximate surface area is 159 Å². The Kier molecular flexibility index (Phi) is 5.64. The molecule has 142 valence electrons. The lowest BCUT2D eigenvalue weighted by Gasteiger charge is -2.20. The number of nitrogens with zero attached hydrogens (tertiary/aromatic N) is 1. The number of hydrogen-bond acceptors (Lipinski definition) is 4. The highest BCUT2D eigenvalue weighted by atomic mass is 16.6. The Morgan fingerprint density at radius 3 is 2.56 bits per heavy atom. The number of ether oxygens (including phenoxy) is 2. The molecule has 1 N–H and O–H groups in total. The number of fused-ring (bicyclic) bond motifs is 1. The summed E-state index contributed by atoms with van der Waals surface area (Å²) in [7, 11) is 1.63. The summed E-state index contributed by atoms with van der Waals surface area (Å²) in [5.41, 5.74) is 3.65. The molecule has 6 heteroatoms. The molecule has 27 heavy (non-hydrogen) atoms. The number of amides is 2. The molecule has 0 bridgehead atoms. The van der Waals surface area contributed by atoms with Crippen LogP contribution in [0.25, 0.3) is 0 Å². The molecule has 1 heterocycles. The van der Waals surface area contributed by atoms with Crippen molar-refractivity contribution in [3.05, 3.63) is 53.1 Å². The maximum atomic E-state index is 12.5. The Bertz CT molecular complexity index is 863.